The van der Waals surface area contributed by atoms with Crippen molar-refractivity contribution in [3.63, 3.8) is 0 Å². The van der Waals surface area contributed by atoms with Gasteiger partial charge in [0.2, 0.25) is 5.91 Å². The van der Waals surface area contributed by atoms with E-state index in [-0.39, 0.29) is 18.5 Å². The van der Waals surface area contributed by atoms with E-state index in [1.807, 2.05) is 13.0 Å². The number of benzene rings is 2. The first-order valence-electron chi connectivity index (χ1n) is 7.60. The number of anilines is 1. The van der Waals surface area contributed by atoms with Crippen LogP contribution in [0.25, 0.3) is 0 Å². The molecule has 0 unspecified atom stereocenters. The number of carbonyl (C=O) groups excluding carboxylic acids is 1. The lowest BCUT2D eigenvalue weighted by molar-refractivity contribution is -0.120. The van der Waals surface area contributed by atoms with Crippen LogP contribution in [0.15, 0.2) is 42.5 Å². The number of amides is 1. The fourth-order valence-corrected chi connectivity index (χ4v) is 2.25. The number of nitriles is 1. The molecule has 0 saturated carbocycles. The Kier molecular flexibility index (Phi) is 5.37. The molecular weight excluding hydrogens is 286 g/mol. The number of nitrogens with one attached hydrogen (secondary N) is 2. The van der Waals surface area contributed by atoms with E-state index in [4.69, 9.17) is 5.26 Å². The molecule has 0 aromatic heterocycles. The minimum absolute atomic E-state index is 0.0374. The van der Waals surface area contributed by atoms with Gasteiger partial charge < -0.3 is 10.6 Å². The molecular formula is C19H21N3O. The molecule has 4 nitrogen and oxygen atoms in total. The summed E-state index contributed by atoms with van der Waals surface area (Å²) in [5.74, 6) is -0.0694. The highest BCUT2D eigenvalue weighted by Gasteiger charge is 2.10. The molecule has 0 aliphatic rings. The first-order chi connectivity index (χ1) is 11.0. The normalized spacial score (nSPS) is 11.4. The van der Waals surface area contributed by atoms with Crippen molar-refractivity contribution in [2.24, 2.45) is 0 Å². The highest BCUT2D eigenvalue weighted by atomic mass is 16.1. The van der Waals surface area contributed by atoms with E-state index in [1.54, 1.807) is 24.3 Å². The standard InChI is InChI=1S/C19H21N3O/c1-13-4-7-17(10-14(13)2)15(3)22-19(23)12-21-18-8-5-16(11-20)6-9-18/h4-10,15,21H,12H2,1-3H3,(H,22,23)/t15-/m1/s1. The van der Waals surface area contributed by atoms with Crippen LogP contribution in [0.2, 0.25) is 0 Å². The molecule has 0 aliphatic heterocycles. The van der Waals surface area contributed by atoms with Gasteiger partial charge in [-0.2, -0.15) is 5.26 Å². The van der Waals surface area contributed by atoms with Gasteiger partial charge in [0, 0.05) is 5.69 Å². The minimum Gasteiger partial charge on any atom is -0.376 e. The third-order valence-electron chi connectivity index (χ3n) is 3.88. The molecule has 1 atom stereocenters. The lowest BCUT2D eigenvalue weighted by Gasteiger charge is -2.16. The zero-order chi connectivity index (χ0) is 16.8. The van der Waals surface area contributed by atoms with E-state index in [9.17, 15) is 4.79 Å². The van der Waals surface area contributed by atoms with Crippen LogP contribution >= 0.6 is 0 Å². The number of aryl methyl sites for hydroxylation is 2. The third kappa shape index (κ3) is 4.58. The van der Waals surface area contributed by atoms with Gasteiger partial charge in [0.15, 0.2) is 0 Å². The molecule has 0 aliphatic carbocycles. The van der Waals surface area contributed by atoms with Gasteiger partial charge in [0.25, 0.3) is 0 Å². The van der Waals surface area contributed by atoms with Crippen molar-refractivity contribution in [1.29, 1.82) is 5.26 Å². The Balaban J connectivity index is 1.88. The molecule has 0 fully saturated rings. The largest absolute Gasteiger partial charge is 0.376 e. The van der Waals surface area contributed by atoms with Crippen LogP contribution in [0, 0.1) is 25.2 Å². The first-order valence-corrected chi connectivity index (χ1v) is 7.60. The van der Waals surface area contributed by atoms with Gasteiger partial charge in [-0.05, 0) is 61.7 Å². The van der Waals surface area contributed by atoms with E-state index in [2.05, 4.69) is 42.7 Å². The van der Waals surface area contributed by atoms with Crippen LogP contribution in [-0.4, -0.2) is 12.5 Å². The van der Waals surface area contributed by atoms with Crippen LogP contribution in [0.3, 0.4) is 0 Å². The fraction of sp³-hybridized carbons (Fsp3) is 0.263. The fourth-order valence-electron chi connectivity index (χ4n) is 2.25. The Morgan fingerprint density at radius 1 is 1.13 bits per heavy atom. The Hall–Kier alpha value is -2.80. The number of carbonyl (C=O) groups is 1. The van der Waals surface area contributed by atoms with Gasteiger partial charge in [0.05, 0.1) is 24.2 Å². The average molecular weight is 307 g/mol. The second kappa shape index (κ2) is 7.46. The highest BCUT2D eigenvalue weighted by molar-refractivity contribution is 5.81. The lowest BCUT2D eigenvalue weighted by atomic mass is 10.0. The van der Waals surface area contributed by atoms with Gasteiger partial charge in [-0.15, -0.1) is 0 Å². The van der Waals surface area contributed by atoms with E-state index >= 15 is 0 Å². The maximum Gasteiger partial charge on any atom is 0.239 e. The van der Waals surface area contributed by atoms with Crippen molar-refractivity contribution in [1.82, 2.24) is 5.32 Å². The predicted molar refractivity (Wildman–Crippen MR) is 92.1 cm³/mol. The Bertz CT molecular complexity index is 729. The Morgan fingerprint density at radius 2 is 1.83 bits per heavy atom. The van der Waals surface area contributed by atoms with E-state index in [0.29, 0.717) is 5.56 Å². The van der Waals surface area contributed by atoms with E-state index in [0.717, 1.165) is 11.3 Å². The average Bonchev–Trinajstić information content (AvgIpc) is 2.55. The summed E-state index contributed by atoms with van der Waals surface area (Å²) in [5, 5.41) is 14.8. The maximum atomic E-state index is 12.0. The van der Waals surface area contributed by atoms with Gasteiger partial charge >= 0.3 is 0 Å². The van der Waals surface area contributed by atoms with Crippen molar-refractivity contribution in [3.05, 3.63) is 64.7 Å². The molecule has 1 amide bonds. The summed E-state index contributed by atoms with van der Waals surface area (Å²) >= 11 is 0. The van der Waals surface area contributed by atoms with E-state index in [1.165, 1.54) is 11.1 Å². The van der Waals surface area contributed by atoms with Crippen molar-refractivity contribution >= 4 is 11.6 Å². The zero-order valence-electron chi connectivity index (χ0n) is 13.7. The van der Waals surface area contributed by atoms with E-state index < -0.39 is 0 Å². The highest BCUT2D eigenvalue weighted by Crippen LogP contribution is 2.16. The number of nitrogens with zero attached hydrogens (tertiary/aromatic N) is 1. The molecule has 0 saturated heterocycles. The van der Waals surface area contributed by atoms with Crippen molar-refractivity contribution < 1.29 is 4.79 Å². The van der Waals surface area contributed by atoms with Gasteiger partial charge in [-0.1, -0.05) is 18.2 Å². The second-order valence-electron chi connectivity index (χ2n) is 5.68. The van der Waals surface area contributed by atoms with Crippen molar-refractivity contribution in [2.45, 2.75) is 26.8 Å². The topological polar surface area (TPSA) is 64.9 Å². The molecule has 0 heterocycles. The van der Waals surface area contributed by atoms with Crippen molar-refractivity contribution in [2.75, 3.05) is 11.9 Å². The summed E-state index contributed by atoms with van der Waals surface area (Å²) < 4.78 is 0. The molecule has 4 heteroatoms. The Labute approximate surface area is 137 Å². The van der Waals surface area contributed by atoms with Crippen LogP contribution in [0.5, 0.6) is 0 Å². The number of hydrogen-bond donors (Lipinski definition) is 2. The van der Waals surface area contributed by atoms with Crippen LogP contribution in [0.1, 0.15) is 35.2 Å². The predicted octanol–water partition coefficient (Wildman–Crippen LogP) is 3.46. The third-order valence-corrected chi connectivity index (χ3v) is 3.88. The molecule has 0 spiro atoms. The van der Waals surface area contributed by atoms with Crippen LogP contribution < -0.4 is 10.6 Å². The lowest BCUT2D eigenvalue weighted by Crippen LogP contribution is -2.32. The summed E-state index contributed by atoms with van der Waals surface area (Å²) in [6, 6.07) is 15.3. The summed E-state index contributed by atoms with van der Waals surface area (Å²) in [6.45, 7) is 6.31. The minimum atomic E-state index is -0.0694. The molecule has 2 aromatic rings. The van der Waals surface area contributed by atoms with Crippen LogP contribution in [0.4, 0.5) is 5.69 Å². The number of hydrogen-bond acceptors (Lipinski definition) is 3. The molecule has 0 radical (unpaired) electrons. The summed E-state index contributed by atoms with van der Waals surface area (Å²) in [5.41, 5.74) is 4.98. The van der Waals surface area contributed by atoms with Crippen molar-refractivity contribution in [3.8, 4) is 6.07 Å². The SMILES string of the molecule is Cc1ccc([C@@H](C)NC(=O)CNc2ccc(C#N)cc2)cc1C. The van der Waals surface area contributed by atoms with Gasteiger partial charge in [-0.3, -0.25) is 4.79 Å². The number of rotatable bonds is 5. The zero-order valence-corrected chi connectivity index (χ0v) is 13.7. The smallest absolute Gasteiger partial charge is 0.239 e. The monoisotopic (exact) mass is 307 g/mol. The quantitative estimate of drug-likeness (QED) is 0.889. The first kappa shape index (κ1) is 16.6. The summed E-state index contributed by atoms with van der Waals surface area (Å²) in [6.07, 6.45) is 0. The molecule has 0 bridgehead atoms. The molecule has 2 N–H and O–H groups in total. The summed E-state index contributed by atoms with van der Waals surface area (Å²) in [7, 11) is 0. The van der Waals surface area contributed by atoms with Gasteiger partial charge in [-0.25, -0.2) is 0 Å². The molecule has 118 valence electrons. The second-order valence-corrected chi connectivity index (χ2v) is 5.68. The molecule has 2 rings (SSSR count). The molecule has 23 heavy (non-hydrogen) atoms. The maximum absolute atomic E-state index is 12.0. The summed E-state index contributed by atoms with van der Waals surface area (Å²) in [4.78, 5) is 12.0. The Morgan fingerprint density at radius 3 is 2.43 bits per heavy atom. The van der Waals surface area contributed by atoms with Gasteiger partial charge in [0.1, 0.15) is 0 Å². The molecule has 2 aromatic carbocycles. The van der Waals surface area contributed by atoms with Crippen LogP contribution in [-0.2, 0) is 4.79 Å².